The van der Waals surface area contributed by atoms with E-state index in [1.165, 1.54) is 23.5 Å². The number of urea groups is 1. The van der Waals surface area contributed by atoms with Crippen molar-refractivity contribution in [1.82, 2.24) is 15.0 Å². The minimum atomic E-state index is -1.54. The van der Waals surface area contributed by atoms with E-state index in [1.54, 1.807) is 12.1 Å². The molecule has 2 amide bonds. The smallest absolute Gasteiger partial charge is 0.329 e. The predicted molar refractivity (Wildman–Crippen MR) is 104 cm³/mol. The zero-order chi connectivity index (χ0) is 20.8. The number of aromatic nitrogens is 3. The molecule has 0 spiro atoms. The Morgan fingerprint density at radius 1 is 1.13 bits per heavy atom. The molecule has 2 aliphatic rings. The fraction of sp³-hybridized carbons (Fsp3) is 0.200. The number of benzene rings is 1. The Morgan fingerprint density at radius 2 is 1.93 bits per heavy atom. The summed E-state index contributed by atoms with van der Waals surface area (Å²) in [6.07, 6.45) is 5.14. The van der Waals surface area contributed by atoms with Crippen LogP contribution in [0.1, 0.15) is 6.42 Å². The molecule has 1 N–H and O–H groups in total. The molecule has 0 aliphatic carbocycles. The summed E-state index contributed by atoms with van der Waals surface area (Å²) in [5, 5.41) is 2.71. The van der Waals surface area contributed by atoms with Crippen molar-refractivity contribution in [2.45, 2.75) is 12.5 Å². The van der Waals surface area contributed by atoms with E-state index < -0.39 is 23.5 Å². The molecule has 1 atom stereocenters. The molecule has 0 radical (unpaired) electrons. The van der Waals surface area contributed by atoms with Gasteiger partial charge in [-0.3, -0.25) is 15.2 Å². The second kappa shape index (κ2) is 6.97. The molecule has 7 nitrogen and oxygen atoms in total. The number of hydrogen-bond acceptors (Lipinski definition) is 5. The summed E-state index contributed by atoms with van der Waals surface area (Å²) in [6.45, 7) is 1.41. The molecule has 10 heteroatoms. The fourth-order valence-corrected chi connectivity index (χ4v) is 3.87. The Kier molecular flexibility index (Phi) is 4.27. The number of rotatable bonds is 2. The number of carbonyl (C=O) groups is 1. The lowest BCUT2D eigenvalue weighted by Gasteiger charge is -2.35. The van der Waals surface area contributed by atoms with E-state index in [-0.39, 0.29) is 17.3 Å². The second-order valence-corrected chi connectivity index (χ2v) is 7.07. The Bertz CT molecular complexity index is 1120. The minimum Gasteiger partial charge on any atom is -0.366 e. The van der Waals surface area contributed by atoms with Gasteiger partial charge in [0.25, 0.3) is 0 Å². The van der Waals surface area contributed by atoms with Crippen molar-refractivity contribution >= 4 is 23.4 Å². The summed E-state index contributed by atoms with van der Waals surface area (Å²) in [5.41, 5.74) is 1.05. The number of fused-ring (bicyclic) bond motifs is 4. The van der Waals surface area contributed by atoms with E-state index in [9.17, 15) is 18.0 Å². The molecule has 2 bridgehead atoms. The van der Waals surface area contributed by atoms with Crippen molar-refractivity contribution in [2.24, 2.45) is 0 Å². The lowest BCUT2D eigenvalue weighted by atomic mass is 10.1. The van der Waals surface area contributed by atoms with Gasteiger partial charge in [0.15, 0.2) is 29.1 Å². The third kappa shape index (κ3) is 3.00. The maximum Gasteiger partial charge on any atom is 0.329 e. The summed E-state index contributed by atoms with van der Waals surface area (Å²) in [7, 11) is 0. The van der Waals surface area contributed by atoms with E-state index in [0.717, 1.165) is 30.8 Å². The number of hydrogen-bond donors (Lipinski definition) is 1. The van der Waals surface area contributed by atoms with Crippen LogP contribution < -0.4 is 15.1 Å². The van der Waals surface area contributed by atoms with Gasteiger partial charge in [-0.25, -0.2) is 27.9 Å². The van der Waals surface area contributed by atoms with Gasteiger partial charge in [0.1, 0.15) is 0 Å². The van der Waals surface area contributed by atoms with Gasteiger partial charge in [0.2, 0.25) is 0 Å². The molecule has 152 valence electrons. The number of nitrogens with zero attached hydrogens (tertiary/aromatic N) is 5. The first-order chi connectivity index (χ1) is 14.5. The first-order valence-corrected chi connectivity index (χ1v) is 9.28. The van der Waals surface area contributed by atoms with Crippen molar-refractivity contribution in [3.8, 4) is 11.3 Å². The highest BCUT2D eigenvalue weighted by Crippen LogP contribution is 2.40. The van der Waals surface area contributed by atoms with E-state index in [2.05, 4.69) is 25.2 Å². The number of carbonyl (C=O) groups excluding carboxylic acids is 1. The average molecular weight is 412 g/mol. The molecule has 0 unspecified atom stereocenters. The normalized spacial score (nSPS) is 17.1. The number of anilines is 3. The molecule has 1 fully saturated rings. The van der Waals surface area contributed by atoms with Gasteiger partial charge in [0, 0.05) is 31.0 Å². The SMILES string of the molecule is O=C(Nc1cnccn1)N1c2nc(-c3cc(F)c(F)c(F)c3)ccc2N2CC[C@H]1C2. The van der Waals surface area contributed by atoms with Crippen LogP contribution in [-0.4, -0.2) is 40.1 Å². The lowest BCUT2D eigenvalue weighted by Crippen LogP contribution is -2.48. The molecule has 2 aliphatic heterocycles. The maximum atomic E-state index is 13.7. The number of halogens is 3. The monoisotopic (exact) mass is 412 g/mol. The molecule has 3 aromatic rings. The highest BCUT2D eigenvalue weighted by atomic mass is 19.2. The topological polar surface area (TPSA) is 74.2 Å². The van der Waals surface area contributed by atoms with E-state index in [0.29, 0.717) is 18.2 Å². The molecule has 1 aromatic carbocycles. The zero-order valence-corrected chi connectivity index (χ0v) is 15.5. The Balaban J connectivity index is 1.56. The van der Waals surface area contributed by atoms with Crippen molar-refractivity contribution in [2.75, 3.05) is 28.2 Å². The van der Waals surface area contributed by atoms with Gasteiger partial charge >= 0.3 is 6.03 Å². The van der Waals surface area contributed by atoms with Crippen LogP contribution in [0, 0.1) is 17.5 Å². The quantitative estimate of drug-likeness (QED) is 0.652. The van der Waals surface area contributed by atoms with Gasteiger partial charge in [-0.15, -0.1) is 0 Å². The van der Waals surface area contributed by atoms with Gasteiger partial charge in [0.05, 0.1) is 23.6 Å². The molecular formula is C20H15F3N6O. The minimum absolute atomic E-state index is 0.0800. The number of nitrogens with one attached hydrogen (secondary N) is 1. The summed E-state index contributed by atoms with van der Waals surface area (Å²) in [4.78, 5) is 29.2. The average Bonchev–Trinajstić information content (AvgIpc) is 3.16. The van der Waals surface area contributed by atoms with Gasteiger partial charge in [-0.2, -0.15) is 0 Å². The summed E-state index contributed by atoms with van der Waals surface area (Å²) >= 11 is 0. The first kappa shape index (κ1) is 18.3. The summed E-state index contributed by atoms with van der Waals surface area (Å²) in [5.74, 6) is -3.47. The zero-order valence-electron chi connectivity index (χ0n) is 15.5. The highest BCUT2D eigenvalue weighted by molar-refractivity contribution is 6.04. The Labute approximate surface area is 169 Å². The van der Waals surface area contributed by atoms with Crippen LogP contribution >= 0.6 is 0 Å². The van der Waals surface area contributed by atoms with Crippen LogP contribution in [0.3, 0.4) is 0 Å². The van der Waals surface area contributed by atoms with Gasteiger partial charge < -0.3 is 4.90 Å². The second-order valence-electron chi connectivity index (χ2n) is 7.07. The Morgan fingerprint density at radius 3 is 2.67 bits per heavy atom. The first-order valence-electron chi connectivity index (χ1n) is 9.28. The molecule has 30 heavy (non-hydrogen) atoms. The lowest BCUT2D eigenvalue weighted by molar-refractivity contribution is 0.254. The van der Waals surface area contributed by atoms with E-state index in [1.807, 2.05) is 0 Å². The van der Waals surface area contributed by atoms with Crippen molar-refractivity contribution in [1.29, 1.82) is 0 Å². The van der Waals surface area contributed by atoms with Crippen LogP contribution in [0.2, 0.25) is 0 Å². The van der Waals surface area contributed by atoms with Crippen LogP contribution in [-0.2, 0) is 0 Å². The Hall–Kier alpha value is -3.69. The van der Waals surface area contributed by atoms with Crippen LogP contribution in [0.4, 0.5) is 35.3 Å². The number of amides is 2. The van der Waals surface area contributed by atoms with Crippen molar-refractivity contribution < 1.29 is 18.0 Å². The van der Waals surface area contributed by atoms with Crippen molar-refractivity contribution in [3.05, 3.63) is 60.3 Å². The fourth-order valence-electron chi connectivity index (χ4n) is 3.87. The van der Waals surface area contributed by atoms with Crippen molar-refractivity contribution in [3.63, 3.8) is 0 Å². The maximum absolute atomic E-state index is 13.7. The van der Waals surface area contributed by atoms with E-state index >= 15 is 0 Å². The van der Waals surface area contributed by atoms with Crippen LogP contribution in [0.25, 0.3) is 11.3 Å². The van der Waals surface area contributed by atoms with Crippen LogP contribution in [0.5, 0.6) is 0 Å². The van der Waals surface area contributed by atoms with E-state index in [4.69, 9.17) is 0 Å². The van der Waals surface area contributed by atoms with Gasteiger partial charge in [-0.05, 0) is 30.7 Å². The molecule has 5 rings (SSSR count). The molecule has 2 aromatic heterocycles. The molecule has 4 heterocycles. The molecule has 1 saturated heterocycles. The molecular weight excluding hydrogens is 397 g/mol. The summed E-state index contributed by atoms with van der Waals surface area (Å²) < 4.78 is 40.8. The van der Waals surface area contributed by atoms with Gasteiger partial charge in [-0.1, -0.05) is 0 Å². The highest BCUT2D eigenvalue weighted by Gasteiger charge is 2.40. The predicted octanol–water partition coefficient (Wildman–Crippen LogP) is 3.59. The largest absolute Gasteiger partial charge is 0.366 e. The number of pyridine rings is 1. The third-order valence-corrected chi connectivity index (χ3v) is 5.25. The molecule has 0 saturated carbocycles. The summed E-state index contributed by atoms with van der Waals surface area (Å²) in [6, 6.07) is 4.58. The third-order valence-electron chi connectivity index (χ3n) is 5.25. The standard InChI is InChI=1S/C20H15F3N6O/c21-13-7-11(8-14(22)18(13)23)15-1-2-16-19(26-15)29(12-3-6-28(16)10-12)20(30)27-17-9-24-4-5-25-17/h1-2,4-5,7-9,12H,3,6,10H2,(H,25,27,30)/t12-/m0/s1. The van der Waals surface area contributed by atoms with Crippen LogP contribution in [0.15, 0.2) is 42.9 Å².